The van der Waals surface area contributed by atoms with Crippen molar-refractivity contribution in [2.75, 3.05) is 0 Å². The molecule has 1 aromatic rings. The summed E-state index contributed by atoms with van der Waals surface area (Å²) in [6, 6.07) is 2.67. The molecule has 0 saturated heterocycles. The summed E-state index contributed by atoms with van der Waals surface area (Å²) in [5, 5.41) is 0.0329. The van der Waals surface area contributed by atoms with Crippen LogP contribution in [0.4, 0.5) is 18.0 Å². The number of benzene rings is 1. The molecule has 0 aromatic heterocycles. The fourth-order valence-corrected chi connectivity index (χ4v) is 1.31. The topological polar surface area (TPSA) is 90.7 Å². The zero-order valence-electron chi connectivity index (χ0n) is 9.37. The molecule has 0 unspecified atom stereocenters. The predicted molar refractivity (Wildman–Crippen MR) is 62.4 cm³/mol. The van der Waals surface area contributed by atoms with Crippen LogP contribution in [-0.2, 0) is 17.5 Å². The Morgan fingerprint density at radius 1 is 1.37 bits per heavy atom. The Morgan fingerprint density at radius 3 is 2.53 bits per heavy atom. The second-order valence-corrected chi connectivity index (χ2v) is 3.80. The predicted octanol–water partition coefficient (Wildman–Crippen LogP) is 2.27. The third-order valence-electron chi connectivity index (χ3n) is 1.94. The van der Waals surface area contributed by atoms with Gasteiger partial charge in [-0.25, -0.2) is 4.79 Å². The smallest absolute Gasteiger partial charge is 0.437 e. The van der Waals surface area contributed by atoms with Crippen LogP contribution in [0.5, 0.6) is 0 Å². The number of alkyl halides is 3. The first-order chi connectivity index (χ1) is 8.70. The van der Waals surface area contributed by atoms with Crippen molar-refractivity contribution in [3.8, 4) is 0 Å². The van der Waals surface area contributed by atoms with E-state index in [1.165, 1.54) is 0 Å². The lowest BCUT2D eigenvalue weighted by Gasteiger charge is -2.10. The number of rotatable bonds is 2. The normalized spacial score (nSPS) is 10.9. The van der Waals surface area contributed by atoms with Crippen LogP contribution in [0.2, 0.25) is 5.02 Å². The Hall–Kier alpha value is -1.96. The van der Waals surface area contributed by atoms with Crippen LogP contribution >= 0.6 is 11.6 Å². The lowest BCUT2D eigenvalue weighted by molar-refractivity contribution is -0.137. The van der Waals surface area contributed by atoms with E-state index in [2.05, 4.69) is 9.73 Å². The van der Waals surface area contributed by atoms with Crippen molar-refractivity contribution in [3.05, 3.63) is 34.3 Å². The Kier molecular flexibility index (Phi) is 4.60. The van der Waals surface area contributed by atoms with Crippen LogP contribution in [0.15, 0.2) is 23.2 Å². The van der Waals surface area contributed by atoms with Gasteiger partial charge < -0.3 is 16.2 Å². The number of amides is 1. The minimum Gasteiger partial charge on any atom is -0.443 e. The highest BCUT2D eigenvalue weighted by molar-refractivity contribution is 6.31. The maximum atomic E-state index is 12.5. The van der Waals surface area contributed by atoms with E-state index in [-0.39, 0.29) is 10.6 Å². The lowest BCUT2D eigenvalue weighted by atomic mass is 10.1. The van der Waals surface area contributed by atoms with Crippen molar-refractivity contribution in [3.63, 3.8) is 0 Å². The molecule has 0 heterocycles. The fraction of sp³-hybridized carbons (Fsp3) is 0.200. The van der Waals surface area contributed by atoms with Crippen molar-refractivity contribution >= 4 is 23.7 Å². The number of hydrogen-bond acceptors (Lipinski definition) is 2. The van der Waals surface area contributed by atoms with E-state index in [0.717, 1.165) is 18.2 Å². The van der Waals surface area contributed by atoms with Crippen LogP contribution in [0, 0.1) is 0 Å². The summed E-state index contributed by atoms with van der Waals surface area (Å²) in [4.78, 5) is 14.0. The van der Waals surface area contributed by atoms with E-state index in [1.54, 1.807) is 0 Å². The number of halogens is 4. The molecule has 1 rings (SSSR count). The molecule has 0 aliphatic heterocycles. The molecular formula is C10H9ClF3N3O2. The zero-order chi connectivity index (χ0) is 14.6. The van der Waals surface area contributed by atoms with Gasteiger partial charge in [0.2, 0.25) is 0 Å². The quantitative estimate of drug-likeness (QED) is 0.647. The Bertz CT molecular complexity index is 513. The Labute approximate surface area is 111 Å². The summed E-state index contributed by atoms with van der Waals surface area (Å²) >= 11 is 5.69. The molecule has 1 aromatic carbocycles. The van der Waals surface area contributed by atoms with Crippen molar-refractivity contribution in [1.82, 2.24) is 0 Å². The minimum absolute atomic E-state index is 0.00404. The number of nitrogens with zero attached hydrogens (tertiary/aromatic N) is 1. The highest BCUT2D eigenvalue weighted by Crippen LogP contribution is 2.31. The summed E-state index contributed by atoms with van der Waals surface area (Å²) in [6.45, 7) is -0.474. The zero-order valence-corrected chi connectivity index (χ0v) is 10.1. The van der Waals surface area contributed by atoms with Gasteiger partial charge in [-0.05, 0) is 18.2 Å². The van der Waals surface area contributed by atoms with E-state index in [1.807, 2.05) is 0 Å². The number of carbonyl (C=O) groups is 1. The number of aliphatic imine (C=N–C) groups is 1. The van der Waals surface area contributed by atoms with Gasteiger partial charge in [0, 0.05) is 10.6 Å². The molecule has 104 valence electrons. The molecule has 5 nitrogen and oxygen atoms in total. The van der Waals surface area contributed by atoms with Crippen LogP contribution < -0.4 is 11.5 Å². The average molecular weight is 296 g/mol. The summed E-state index contributed by atoms with van der Waals surface area (Å²) in [5.74, 6) is -0.514. The van der Waals surface area contributed by atoms with Crippen molar-refractivity contribution < 1.29 is 22.7 Å². The molecule has 9 heteroatoms. The van der Waals surface area contributed by atoms with Crippen molar-refractivity contribution in [2.24, 2.45) is 16.5 Å². The van der Waals surface area contributed by atoms with Crippen LogP contribution in [0.3, 0.4) is 0 Å². The first-order valence-electron chi connectivity index (χ1n) is 4.82. The van der Waals surface area contributed by atoms with Gasteiger partial charge in [0.05, 0.1) is 5.56 Å². The van der Waals surface area contributed by atoms with Crippen molar-refractivity contribution in [1.29, 1.82) is 0 Å². The van der Waals surface area contributed by atoms with E-state index >= 15 is 0 Å². The highest BCUT2D eigenvalue weighted by atomic mass is 35.5. The first kappa shape index (κ1) is 15.1. The molecule has 0 bridgehead atoms. The summed E-state index contributed by atoms with van der Waals surface area (Å²) in [7, 11) is 0. The van der Waals surface area contributed by atoms with Crippen LogP contribution in [0.1, 0.15) is 11.1 Å². The molecule has 0 atom stereocenters. The number of nitrogens with two attached hydrogens (primary N) is 2. The van der Waals surface area contributed by atoms with Gasteiger partial charge in [0.25, 0.3) is 0 Å². The molecule has 0 saturated carbocycles. The summed E-state index contributed by atoms with van der Waals surface area (Å²) in [6.07, 6.45) is -5.63. The molecule has 0 aliphatic rings. The molecule has 0 aliphatic carbocycles. The van der Waals surface area contributed by atoms with E-state index in [9.17, 15) is 18.0 Å². The average Bonchev–Trinajstić information content (AvgIpc) is 2.25. The summed E-state index contributed by atoms with van der Waals surface area (Å²) < 4.78 is 41.9. The Balaban J connectivity index is 2.84. The van der Waals surface area contributed by atoms with Gasteiger partial charge >= 0.3 is 12.3 Å². The molecule has 0 fully saturated rings. The maximum Gasteiger partial charge on any atom is 0.437 e. The van der Waals surface area contributed by atoms with Crippen LogP contribution in [-0.4, -0.2) is 12.1 Å². The molecular weight excluding hydrogens is 287 g/mol. The standard InChI is InChI=1S/C10H9ClF3N3O2/c11-7-2-1-6(10(12,13)14)3-5(7)4-19-9(18)17-8(15)16/h1-3H,4H2,(H4,15,16,17,18). The third-order valence-corrected chi connectivity index (χ3v) is 2.31. The fourth-order valence-electron chi connectivity index (χ4n) is 1.14. The van der Waals surface area contributed by atoms with Gasteiger partial charge in [-0.2, -0.15) is 13.2 Å². The summed E-state index contributed by atoms with van der Waals surface area (Å²) in [5.41, 5.74) is 8.95. The lowest BCUT2D eigenvalue weighted by Crippen LogP contribution is -2.24. The molecule has 0 spiro atoms. The van der Waals surface area contributed by atoms with Crippen molar-refractivity contribution in [2.45, 2.75) is 12.8 Å². The monoisotopic (exact) mass is 295 g/mol. The molecule has 4 N–H and O–H groups in total. The van der Waals surface area contributed by atoms with Crippen LogP contribution in [0.25, 0.3) is 0 Å². The first-order valence-corrected chi connectivity index (χ1v) is 5.20. The minimum atomic E-state index is -4.51. The number of hydrogen-bond donors (Lipinski definition) is 2. The third kappa shape index (κ3) is 4.66. The van der Waals surface area contributed by atoms with Gasteiger partial charge in [0.15, 0.2) is 5.96 Å². The highest BCUT2D eigenvalue weighted by Gasteiger charge is 2.30. The number of guanidine groups is 1. The van der Waals surface area contributed by atoms with Gasteiger partial charge in [-0.15, -0.1) is 4.99 Å². The van der Waals surface area contributed by atoms with E-state index < -0.39 is 30.4 Å². The van der Waals surface area contributed by atoms with Gasteiger partial charge in [-0.3, -0.25) is 0 Å². The maximum absolute atomic E-state index is 12.5. The molecule has 19 heavy (non-hydrogen) atoms. The second kappa shape index (κ2) is 5.79. The number of ether oxygens (including phenoxy) is 1. The van der Waals surface area contributed by atoms with Gasteiger partial charge in [0.1, 0.15) is 6.61 Å². The van der Waals surface area contributed by atoms with E-state index in [0.29, 0.717) is 0 Å². The van der Waals surface area contributed by atoms with Gasteiger partial charge in [-0.1, -0.05) is 11.6 Å². The second-order valence-electron chi connectivity index (χ2n) is 3.40. The van der Waals surface area contributed by atoms with E-state index in [4.69, 9.17) is 23.1 Å². The SMILES string of the molecule is NC(N)=NC(=O)OCc1cc(C(F)(F)F)ccc1Cl. The Morgan fingerprint density at radius 2 is 2.00 bits per heavy atom. The largest absolute Gasteiger partial charge is 0.443 e. The number of carbonyl (C=O) groups excluding carboxylic acids is 1. The molecule has 0 radical (unpaired) electrons. The molecule has 1 amide bonds.